The van der Waals surface area contributed by atoms with Crippen LogP contribution in [0, 0.1) is 13.8 Å². The average molecular weight is 873 g/mol. The van der Waals surface area contributed by atoms with E-state index in [1.165, 1.54) is 105 Å². The van der Waals surface area contributed by atoms with Gasteiger partial charge in [0.1, 0.15) is 11.2 Å². The van der Waals surface area contributed by atoms with Gasteiger partial charge in [0.15, 0.2) is 0 Å². The molecular formula is C66H64O. The van der Waals surface area contributed by atoms with Gasteiger partial charge in [-0.25, -0.2) is 0 Å². The molecule has 0 fully saturated rings. The smallest absolute Gasteiger partial charge is 0.136 e. The Hall–Kier alpha value is -6.96. The molecule has 1 heterocycles. The minimum atomic E-state index is 0.00922. The summed E-state index contributed by atoms with van der Waals surface area (Å²) in [6, 6.07) is 64.3. The van der Waals surface area contributed by atoms with Gasteiger partial charge in [0.25, 0.3) is 0 Å². The molecule has 2 aliphatic carbocycles. The van der Waals surface area contributed by atoms with Gasteiger partial charge in [-0.15, -0.1) is 0 Å². The van der Waals surface area contributed by atoms with Crippen LogP contribution in [0.4, 0.5) is 0 Å². The zero-order valence-electron chi connectivity index (χ0n) is 40.7. The van der Waals surface area contributed by atoms with E-state index >= 15 is 0 Å². The molecule has 0 saturated heterocycles. The molecule has 0 saturated carbocycles. The third-order valence-electron chi connectivity index (χ3n) is 14.2. The summed E-state index contributed by atoms with van der Waals surface area (Å²) >= 11 is 0. The summed E-state index contributed by atoms with van der Waals surface area (Å²) in [4.78, 5) is 0. The highest BCUT2D eigenvalue weighted by molar-refractivity contribution is 6.08. The monoisotopic (exact) mass is 872 g/mol. The van der Waals surface area contributed by atoms with Crippen LogP contribution in [0.25, 0.3) is 72.0 Å². The van der Waals surface area contributed by atoms with Crippen LogP contribution in [0.1, 0.15) is 106 Å². The Balaban J connectivity index is 0.000000321. The Kier molecular flexibility index (Phi) is 13.1. The lowest BCUT2D eigenvalue weighted by Crippen LogP contribution is -2.15. The highest BCUT2D eigenvalue weighted by Gasteiger charge is 2.35. The van der Waals surface area contributed by atoms with E-state index in [2.05, 4.69) is 224 Å². The van der Waals surface area contributed by atoms with E-state index < -0.39 is 0 Å². The molecule has 9 aromatic rings. The first-order valence-electron chi connectivity index (χ1n) is 24.6. The predicted octanol–water partition coefficient (Wildman–Crippen LogP) is 19.1. The Morgan fingerprint density at radius 1 is 0.507 bits per heavy atom. The van der Waals surface area contributed by atoms with E-state index in [-0.39, 0.29) is 5.41 Å². The number of furan rings is 1. The largest absolute Gasteiger partial charge is 0.456 e. The molecular weight excluding hydrogens is 809 g/mol. The molecule has 0 amide bonds. The standard InChI is InChI=1S/C51H46O.C13H12.C2H6/c1-6-13-35-14-7-8-15-39(35)43-28-38(21-20-32(43)2)44-30-46-42-17-10-12-19-49(42)52-50(46)31-45(44)36-24-22-34(23-25-36)33(3)37-26-27-41-40-16-9-11-18-47(40)51(4,5)48(41)29-37;1-11-7-9-13(10-8-11)12-5-3-2-4-6-12;1-2/h7-12,14-22,24,26-31,33H,6,13,23,25H2,1-5H3;2-10H,1H3;1-2H3. The van der Waals surface area contributed by atoms with Crippen LogP contribution in [0.2, 0.25) is 0 Å². The third kappa shape index (κ3) is 8.88. The lowest BCUT2D eigenvalue weighted by molar-refractivity contribution is 0.658. The van der Waals surface area contributed by atoms with Crippen molar-refractivity contribution < 1.29 is 4.42 Å². The van der Waals surface area contributed by atoms with Gasteiger partial charge in [0, 0.05) is 22.1 Å². The first-order valence-corrected chi connectivity index (χ1v) is 24.6. The van der Waals surface area contributed by atoms with Gasteiger partial charge < -0.3 is 4.42 Å². The van der Waals surface area contributed by atoms with Crippen LogP contribution >= 0.6 is 0 Å². The number of allylic oxidation sites excluding steroid dienone is 4. The molecule has 1 nitrogen and oxygen atoms in total. The summed E-state index contributed by atoms with van der Waals surface area (Å²) in [5.74, 6) is 0.350. The van der Waals surface area contributed by atoms with Gasteiger partial charge in [-0.2, -0.15) is 0 Å². The van der Waals surface area contributed by atoms with Gasteiger partial charge in [0.05, 0.1) is 0 Å². The van der Waals surface area contributed by atoms with Crippen molar-refractivity contribution in [3.8, 4) is 44.5 Å². The van der Waals surface area contributed by atoms with E-state index in [0.29, 0.717) is 5.92 Å². The molecule has 1 unspecified atom stereocenters. The highest BCUT2D eigenvalue weighted by Crippen LogP contribution is 2.50. The van der Waals surface area contributed by atoms with Crippen molar-refractivity contribution >= 4 is 27.5 Å². The normalized spacial score (nSPS) is 13.9. The summed E-state index contributed by atoms with van der Waals surface area (Å²) in [5, 5.41) is 2.34. The maximum Gasteiger partial charge on any atom is 0.136 e. The van der Waals surface area contributed by atoms with Crippen molar-refractivity contribution in [2.45, 2.75) is 92.4 Å². The molecule has 0 aliphatic heterocycles. The van der Waals surface area contributed by atoms with E-state index in [9.17, 15) is 0 Å². The zero-order valence-corrected chi connectivity index (χ0v) is 40.7. The molecule has 67 heavy (non-hydrogen) atoms. The predicted molar refractivity (Wildman–Crippen MR) is 289 cm³/mol. The lowest BCUT2D eigenvalue weighted by Gasteiger charge is -2.25. The Labute approximate surface area is 399 Å². The summed E-state index contributed by atoms with van der Waals surface area (Å²) in [6.45, 7) is 17.7. The van der Waals surface area contributed by atoms with Crippen LogP contribution < -0.4 is 0 Å². The molecule has 0 N–H and O–H groups in total. The number of benzene rings is 8. The topological polar surface area (TPSA) is 13.1 Å². The molecule has 1 atom stereocenters. The van der Waals surface area contributed by atoms with Gasteiger partial charge in [-0.05, 0) is 141 Å². The van der Waals surface area contributed by atoms with E-state index in [1.54, 1.807) is 0 Å². The second-order valence-electron chi connectivity index (χ2n) is 18.8. The van der Waals surface area contributed by atoms with Crippen molar-refractivity contribution in [3.05, 3.63) is 233 Å². The number of para-hydroxylation sites is 1. The average Bonchev–Trinajstić information content (AvgIpc) is 3.85. The zero-order chi connectivity index (χ0) is 46.7. The van der Waals surface area contributed by atoms with Gasteiger partial charge in [-0.3, -0.25) is 0 Å². The summed E-state index contributed by atoms with van der Waals surface area (Å²) < 4.78 is 6.48. The number of hydrogen-bond donors (Lipinski definition) is 0. The highest BCUT2D eigenvalue weighted by atomic mass is 16.3. The number of aryl methyl sites for hydroxylation is 3. The van der Waals surface area contributed by atoms with Crippen LogP contribution in [-0.4, -0.2) is 0 Å². The minimum absolute atomic E-state index is 0.00922. The van der Waals surface area contributed by atoms with Crippen molar-refractivity contribution in [2.24, 2.45) is 0 Å². The number of hydrogen-bond acceptors (Lipinski definition) is 1. The minimum Gasteiger partial charge on any atom is -0.456 e. The Morgan fingerprint density at radius 3 is 1.94 bits per heavy atom. The van der Waals surface area contributed by atoms with Crippen LogP contribution in [0.3, 0.4) is 0 Å². The maximum atomic E-state index is 6.48. The summed E-state index contributed by atoms with van der Waals surface area (Å²) in [7, 11) is 0. The molecule has 1 heteroatoms. The molecule has 0 spiro atoms. The van der Waals surface area contributed by atoms with E-state index in [0.717, 1.165) is 36.8 Å². The van der Waals surface area contributed by atoms with E-state index in [1.807, 2.05) is 19.9 Å². The fourth-order valence-electron chi connectivity index (χ4n) is 10.4. The molecule has 8 aromatic carbocycles. The fraction of sp³-hybridized carbons (Fsp3) is 0.212. The van der Waals surface area contributed by atoms with Crippen molar-refractivity contribution in [2.75, 3.05) is 0 Å². The molecule has 1 aromatic heterocycles. The van der Waals surface area contributed by atoms with Crippen molar-refractivity contribution in [1.82, 2.24) is 0 Å². The molecule has 334 valence electrons. The first-order chi connectivity index (χ1) is 32.7. The van der Waals surface area contributed by atoms with E-state index in [4.69, 9.17) is 4.42 Å². The lowest BCUT2D eigenvalue weighted by atomic mass is 9.79. The molecule has 0 bridgehead atoms. The van der Waals surface area contributed by atoms with Crippen LogP contribution in [0.15, 0.2) is 198 Å². The SMILES string of the molecule is CC.CCCc1ccccc1-c1cc(-c2cc3c(cc2C2=CC=C(C(C)c4ccc5c(c4)C(C)(C)c4ccccc4-5)CC2)oc2ccccc23)ccc1C.Cc1ccc(-c2ccccc2)cc1. The van der Waals surface area contributed by atoms with Gasteiger partial charge >= 0.3 is 0 Å². The Morgan fingerprint density at radius 2 is 1.18 bits per heavy atom. The van der Waals surface area contributed by atoms with Gasteiger partial charge in [0.2, 0.25) is 0 Å². The van der Waals surface area contributed by atoms with Crippen molar-refractivity contribution in [1.29, 1.82) is 0 Å². The van der Waals surface area contributed by atoms with Crippen LogP contribution in [-0.2, 0) is 11.8 Å². The first kappa shape index (κ1) is 45.2. The molecule has 11 rings (SSSR count). The third-order valence-corrected chi connectivity index (χ3v) is 14.2. The van der Waals surface area contributed by atoms with Crippen molar-refractivity contribution in [3.63, 3.8) is 0 Å². The van der Waals surface area contributed by atoms with Gasteiger partial charge in [-0.1, -0.05) is 223 Å². The number of rotatable bonds is 8. The second-order valence-corrected chi connectivity index (χ2v) is 18.8. The molecule has 0 radical (unpaired) electrons. The maximum absolute atomic E-state index is 6.48. The summed E-state index contributed by atoms with van der Waals surface area (Å²) in [5.41, 5.74) is 24.9. The van der Waals surface area contributed by atoms with Crippen LogP contribution in [0.5, 0.6) is 0 Å². The Bertz CT molecular complexity index is 3260. The summed E-state index contributed by atoms with van der Waals surface area (Å²) in [6.07, 6.45) is 9.04. The quantitative estimate of drug-likeness (QED) is 0.148. The fourth-order valence-corrected chi connectivity index (χ4v) is 10.4. The number of fused-ring (bicyclic) bond motifs is 6. The molecule has 2 aliphatic rings. The second kappa shape index (κ2) is 19.5.